The van der Waals surface area contributed by atoms with Crippen LogP contribution in [0, 0.1) is 18.3 Å². The van der Waals surface area contributed by atoms with Gasteiger partial charge in [-0.3, -0.25) is 10.8 Å². The van der Waals surface area contributed by atoms with Crippen molar-refractivity contribution in [3.8, 4) is 6.07 Å². The molecule has 1 aromatic carbocycles. The Morgan fingerprint density at radius 1 is 1.50 bits per heavy atom. The number of rotatable bonds is 1. The predicted octanol–water partition coefficient (Wildman–Crippen LogP) is 2.46. The molecule has 0 amide bonds. The van der Waals surface area contributed by atoms with Gasteiger partial charge in [0.05, 0.1) is 16.8 Å². The molecule has 4 nitrogen and oxygen atoms in total. The molecule has 0 saturated heterocycles. The smallest absolute Gasteiger partial charge is 0.103 e. The minimum Gasteiger partial charge on any atom is -0.322 e. The highest BCUT2D eigenvalue weighted by molar-refractivity contribution is 9.10. The molecule has 2 rings (SSSR count). The first kappa shape index (κ1) is 10.9. The zero-order chi connectivity index (χ0) is 11.7. The monoisotopic (exact) mass is 276 g/mol. The fourth-order valence-electron chi connectivity index (χ4n) is 1.62. The summed E-state index contributed by atoms with van der Waals surface area (Å²) in [4.78, 5) is 4.27. The van der Waals surface area contributed by atoms with Crippen LogP contribution in [0.1, 0.15) is 11.1 Å². The molecule has 0 atom stereocenters. The fourth-order valence-corrected chi connectivity index (χ4v) is 1.94. The highest BCUT2D eigenvalue weighted by Gasteiger charge is 2.10. The van der Waals surface area contributed by atoms with E-state index in [4.69, 9.17) is 11.1 Å². The van der Waals surface area contributed by atoms with Gasteiger partial charge in [-0.2, -0.15) is 5.26 Å². The molecule has 1 heterocycles. The summed E-state index contributed by atoms with van der Waals surface area (Å²) < 4.78 is 0.986. The van der Waals surface area contributed by atoms with Crippen LogP contribution in [0.5, 0.6) is 0 Å². The molecule has 80 valence electrons. The molecule has 5 heteroatoms. The molecular weight excluding hydrogens is 268 g/mol. The molecule has 0 aliphatic carbocycles. The largest absolute Gasteiger partial charge is 0.322 e. The number of aryl methyl sites for hydroxylation is 1. The van der Waals surface area contributed by atoms with E-state index < -0.39 is 0 Å². The number of hydrogen-bond donors (Lipinski definition) is 2. The highest BCUT2D eigenvalue weighted by atomic mass is 79.9. The number of pyridine rings is 1. The van der Waals surface area contributed by atoms with Crippen LogP contribution in [0.4, 0.5) is 5.69 Å². The summed E-state index contributed by atoms with van der Waals surface area (Å²) >= 11 is 3.44. The van der Waals surface area contributed by atoms with Crippen molar-refractivity contribution in [3.05, 3.63) is 33.9 Å². The summed E-state index contributed by atoms with van der Waals surface area (Å²) in [5, 5.41) is 9.79. The first-order chi connectivity index (χ1) is 7.69. The normalized spacial score (nSPS) is 10.1. The van der Waals surface area contributed by atoms with Crippen molar-refractivity contribution in [3.63, 3.8) is 0 Å². The van der Waals surface area contributed by atoms with Gasteiger partial charge in [-0.05, 0) is 24.6 Å². The maximum absolute atomic E-state index is 8.94. The quantitative estimate of drug-likeness (QED) is 0.620. The van der Waals surface area contributed by atoms with E-state index in [0.717, 1.165) is 20.9 Å². The summed E-state index contributed by atoms with van der Waals surface area (Å²) in [6.07, 6.45) is 1.52. The number of nitrogens with zero attached hydrogens (tertiary/aromatic N) is 2. The standard InChI is InChI=1S/C11H9BrN4/c1-6-9(12)3-2-8-10(6)15-5-7(4-13)11(8)16-14/h2-3,5H,14H2,1H3,(H,15,16). The Kier molecular flexibility index (Phi) is 2.77. The lowest BCUT2D eigenvalue weighted by molar-refractivity contribution is 1.29. The highest BCUT2D eigenvalue weighted by Crippen LogP contribution is 2.30. The number of halogens is 1. The van der Waals surface area contributed by atoms with Gasteiger partial charge in [-0.25, -0.2) is 0 Å². The third-order valence-electron chi connectivity index (χ3n) is 2.49. The molecule has 0 fully saturated rings. The Morgan fingerprint density at radius 3 is 2.88 bits per heavy atom. The molecule has 0 aliphatic heterocycles. The molecule has 0 radical (unpaired) electrons. The molecule has 16 heavy (non-hydrogen) atoms. The number of nitrogens with two attached hydrogens (primary N) is 1. The van der Waals surface area contributed by atoms with Crippen molar-refractivity contribution >= 4 is 32.5 Å². The molecule has 3 N–H and O–H groups in total. The molecule has 1 aromatic heterocycles. The fraction of sp³-hybridized carbons (Fsp3) is 0.0909. The lowest BCUT2D eigenvalue weighted by Gasteiger charge is -2.09. The van der Waals surface area contributed by atoms with Crippen molar-refractivity contribution in [2.45, 2.75) is 6.92 Å². The summed E-state index contributed by atoms with van der Waals surface area (Å²) in [7, 11) is 0. The van der Waals surface area contributed by atoms with Gasteiger partial charge in [0.2, 0.25) is 0 Å². The van der Waals surface area contributed by atoms with Crippen molar-refractivity contribution in [2.24, 2.45) is 5.84 Å². The zero-order valence-electron chi connectivity index (χ0n) is 8.58. The van der Waals surface area contributed by atoms with Crippen LogP contribution >= 0.6 is 15.9 Å². The second-order valence-corrected chi connectivity index (χ2v) is 4.23. The van der Waals surface area contributed by atoms with Gasteiger partial charge in [-0.15, -0.1) is 0 Å². The molecule has 2 aromatic rings. The van der Waals surface area contributed by atoms with E-state index in [1.807, 2.05) is 19.1 Å². The first-order valence-corrected chi connectivity index (χ1v) is 5.43. The van der Waals surface area contributed by atoms with E-state index in [0.29, 0.717) is 11.3 Å². The summed E-state index contributed by atoms with van der Waals surface area (Å²) in [5.41, 5.74) is 5.47. The second-order valence-electron chi connectivity index (χ2n) is 3.37. The number of hydrazine groups is 1. The van der Waals surface area contributed by atoms with E-state index in [1.165, 1.54) is 6.20 Å². The van der Waals surface area contributed by atoms with Crippen LogP contribution in [0.25, 0.3) is 10.9 Å². The summed E-state index contributed by atoms with van der Waals surface area (Å²) in [6, 6.07) is 5.86. The third-order valence-corrected chi connectivity index (χ3v) is 3.35. The Hall–Kier alpha value is -1.64. The minimum absolute atomic E-state index is 0.441. The second kappa shape index (κ2) is 4.08. The number of nitrogens with one attached hydrogen (secondary N) is 1. The first-order valence-electron chi connectivity index (χ1n) is 4.63. The Bertz CT molecular complexity index is 601. The average molecular weight is 277 g/mol. The number of aromatic nitrogens is 1. The van der Waals surface area contributed by atoms with Crippen LogP contribution in [-0.2, 0) is 0 Å². The number of anilines is 1. The van der Waals surface area contributed by atoms with E-state index in [9.17, 15) is 0 Å². The average Bonchev–Trinajstić information content (AvgIpc) is 2.32. The van der Waals surface area contributed by atoms with Crippen LogP contribution in [-0.4, -0.2) is 4.98 Å². The van der Waals surface area contributed by atoms with Crippen LogP contribution in [0.2, 0.25) is 0 Å². The molecular formula is C11H9BrN4. The van der Waals surface area contributed by atoms with E-state index in [1.54, 1.807) is 0 Å². The summed E-state index contributed by atoms with van der Waals surface area (Å²) in [5.74, 6) is 5.44. The predicted molar refractivity (Wildman–Crippen MR) is 66.7 cm³/mol. The number of nitriles is 1. The maximum atomic E-state index is 8.94. The van der Waals surface area contributed by atoms with Crippen molar-refractivity contribution in [1.82, 2.24) is 4.98 Å². The van der Waals surface area contributed by atoms with Crippen molar-refractivity contribution < 1.29 is 0 Å². The van der Waals surface area contributed by atoms with Gasteiger partial charge in [0.15, 0.2) is 0 Å². The Morgan fingerprint density at radius 2 is 2.25 bits per heavy atom. The zero-order valence-corrected chi connectivity index (χ0v) is 10.2. The van der Waals surface area contributed by atoms with Gasteiger partial charge < -0.3 is 5.43 Å². The lowest BCUT2D eigenvalue weighted by Crippen LogP contribution is -2.09. The number of hydrogen-bond acceptors (Lipinski definition) is 4. The Balaban J connectivity index is 2.91. The van der Waals surface area contributed by atoms with Gasteiger partial charge >= 0.3 is 0 Å². The number of benzene rings is 1. The molecule has 0 spiro atoms. The molecule has 0 unspecified atom stereocenters. The van der Waals surface area contributed by atoms with Crippen molar-refractivity contribution in [2.75, 3.05) is 5.43 Å². The molecule has 0 aliphatic rings. The topological polar surface area (TPSA) is 74.7 Å². The van der Waals surface area contributed by atoms with Gasteiger partial charge in [0, 0.05) is 16.1 Å². The van der Waals surface area contributed by atoms with Crippen LogP contribution in [0.3, 0.4) is 0 Å². The Labute approximate surface area is 101 Å². The van der Waals surface area contributed by atoms with E-state index in [-0.39, 0.29) is 0 Å². The molecule has 0 saturated carbocycles. The van der Waals surface area contributed by atoms with Gasteiger partial charge in [0.25, 0.3) is 0 Å². The van der Waals surface area contributed by atoms with Crippen LogP contribution < -0.4 is 11.3 Å². The van der Waals surface area contributed by atoms with E-state index >= 15 is 0 Å². The van der Waals surface area contributed by atoms with Crippen molar-refractivity contribution in [1.29, 1.82) is 5.26 Å². The number of nitrogen functional groups attached to an aromatic ring is 1. The van der Waals surface area contributed by atoms with E-state index in [2.05, 4.69) is 32.4 Å². The maximum Gasteiger partial charge on any atom is 0.103 e. The SMILES string of the molecule is Cc1c(Br)ccc2c(NN)c(C#N)cnc12. The minimum atomic E-state index is 0.441. The lowest BCUT2D eigenvalue weighted by atomic mass is 10.1. The van der Waals surface area contributed by atoms with Crippen LogP contribution in [0.15, 0.2) is 22.8 Å². The van der Waals surface area contributed by atoms with Gasteiger partial charge in [-0.1, -0.05) is 15.9 Å². The summed E-state index contributed by atoms with van der Waals surface area (Å²) in [6.45, 7) is 1.96. The number of fused-ring (bicyclic) bond motifs is 1. The third kappa shape index (κ3) is 1.52. The van der Waals surface area contributed by atoms with Gasteiger partial charge in [0.1, 0.15) is 6.07 Å². The molecule has 0 bridgehead atoms.